The van der Waals surface area contributed by atoms with E-state index in [-0.39, 0.29) is 5.97 Å². The molecule has 0 N–H and O–H groups in total. The van der Waals surface area contributed by atoms with Crippen LogP contribution in [0.4, 0.5) is 0 Å². The number of hydrogen-bond donors (Lipinski definition) is 0. The van der Waals surface area contributed by atoms with Gasteiger partial charge in [0.15, 0.2) is 0 Å². The molecule has 0 heterocycles. The minimum Gasteiger partial charge on any atom is -0.463 e. The first-order chi connectivity index (χ1) is 10.8. The molecular weight excluding hydrogens is 284 g/mol. The number of esters is 1. The Hall–Kier alpha value is -1.57. The maximum absolute atomic E-state index is 11.7. The van der Waals surface area contributed by atoms with E-state index in [1.165, 1.54) is 16.7 Å². The van der Waals surface area contributed by atoms with Crippen molar-refractivity contribution in [1.82, 2.24) is 0 Å². The van der Waals surface area contributed by atoms with Crippen LogP contribution in [0.15, 0.2) is 46.6 Å². The Morgan fingerprint density at radius 1 is 0.870 bits per heavy atom. The second-order valence-electron chi connectivity index (χ2n) is 6.45. The fourth-order valence-electron chi connectivity index (χ4n) is 2.11. The van der Waals surface area contributed by atoms with Crippen molar-refractivity contribution < 1.29 is 9.53 Å². The lowest BCUT2D eigenvalue weighted by atomic mass is 10.0. The Morgan fingerprint density at radius 2 is 1.48 bits per heavy atom. The van der Waals surface area contributed by atoms with Gasteiger partial charge in [0, 0.05) is 6.08 Å². The van der Waals surface area contributed by atoms with Crippen molar-refractivity contribution in [3.05, 3.63) is 46.6 Å². The summed E-state index contributed by atoms with van der Waals surface area (Å²) < 4.78 is 5.02. The lowest BCUT2D eigenvalue weighted by Gasteiger charge is -2.05. The highest BCUT2D eigenvalue weighted by Crippen LogP contribution is 2.15. The Labute approximate surface area is 143 Å². The van der Waals surface area contributed by atoms with Crippen LogP contribution in [0.1, 0.15) is 73.6 Å². The lowest BCUT2D eigenvalue weighted by Crippen LogP contribution is -2.01. The van der Waals surface area contributed by atoms with Gasteiger partial charge in [0.05, 0.1) is 6.61 Å². The van der Waals surface area contributed by atoms with Gasteiger partial charge >= 0.3 is 5.97 Å². The van der Waals surface area contributed by atoms with Crippen molar-refractivity contribution >= 4 is 5.97 Å². The summed E-state index contributed by atoms with van der Waals surface area (Å²) in [4.78, 5) is 11.7. The summed E-state index contributed by atoms with van der Waals surface area (Å²) in [6.07, 6.45) is 13.3. The van der Waals surface area contributed by atoms with Crippen LogP contribution in [0.2, 0.25) is 0 Å². The molecule has 0 aliphatic heterocycles. The van der Waals surface area contributed by atoms with E-state index in [1.807, 2.05) is 6.92 Å². The monoisotopic (exact) mass is 318 g/mol. The van der Waals surface area contributed by atoms with Crippen molar-refractivity contribution in [3.63, 3.8) is 0 Å². The second kappa shape index (κ2) is 12.9. The van der Waals surface area contributed by atoms with Gasteiger partial charge in [-0.2, -0.15) is 0 Å². The van der Waals surface area contributed by atoms with Gasteiger partial charge in [0.1, 0.15) is 0 Å². The zero-order chi connectivity index (χ0) is 17.7. The van der Waals surface area contributed by atoms with Crippen molar-refractivity contribution in [1.29, 1.82) is 0 Å². The van der Waals surface area contributed by atoms with Crippen LogP contribution in [-0.2, 0) is 9.53 Å². The van der Waals surface area contributed by atoms with E-state index in [9.17, 15) is 4.79 Å². The molecule has 0 aromatic heterocycles. The molecule has 2 nitrogen and oxygen atoms in total. The van der Waals surface area contributed by atoms with Gasteiger partial charge in [0.25, 0.3) is 0 Å². The van der Waals surface area contributed by atoms with Crippen molar-refractivity contribution in [2.75, 3.05) is 6.61 Å². The molecule has 130 valence electrons. The number of hydrogen-bond acceptors (Lipinski definition) is 2. The maximum Gasteiger partial charge on any atom is 0.330 e. The highest BCUT2D eigenvalue weighted by atomic mass is 16.5. The Bertz CT molecular complexity index is 468. The highest BCUT2D eigenvalue weighted by molar-refractivity contribution is 5.82. The van der Waals surface area contributed by atoms with Crippen LogP contribution in [-0.4, -0.2) is 12.6 Å². The molecule has 0 aliphatic carbocycles. The van der Waals surface area contributed by atoms with Crippen molar-refractivity contribution in [3.8, 4) is 0 Å². The third-order valence-electron chi connectivity index (χ3n) is 3.43. The minimum atomic E-state index is -0.228. The van der Waals surface area contributed by atoms with Gasteiger partial charge in [-0.3, -0.25) is 0 Å². The third kappa shape index (κ3) is 13.8. The van der Waals surface area contributed by atoms with E-state index in [4.69, 9.17) is 4.74 Å². The van der Waals surface area contributed by atoms with Gasteiger partial charge < -0.3 is 4.74 Å². The summed E-state index contributed by atoms with van der Waals surface area (Å²) in [6, 6.07) is 0. The van der Waals surface area contributed by atoms with Gasteiger partial charge in [-0.15, -0.1) is 0 Å². The molecule has 0 saturated heterocycles. The summed E-state index contributed by atoms with van der Waals surface area (Å²) in [6.45, 7) is 12.9. The molecule has 0 atom stereocenters. The molecule has 23 heavy (non-hydrogen) atoms. The van der Waals surface area contributed by atoms with Crippen LogP contribution in [0.3, 0.4) is 0 Å². The molecule has 0 aromatic carbocycles. The Morgan fingerprint density at radius 3 is 2.04 bits per heavy atom. The van der Waals surface area contributed by atoms with Gasteiger partial charge in [0.2, 0.25) is 0 Å². The number of allylic oxidation sites excluding steroid dienone is 7. The Balaban J connectivity index is 4.56. The Kier molecular flexibility index (Phi) is 12.0. The van der Waals surface area contributed by atoms with E-state index in [2.05, 4.69) is 52.8 Å². The first-order valence-electron chi connectivity index (χ1n) is 8.63. The molecule has 2 heteroatoms. The molecule has 0 saturated carbocycles. The first-order valence-corrected chi connectivity index (χ1v) is 8.63. The first kappa shape index (κ1) is 21.4. The zero-order valence-corrected chi connectivity index (χ0v) is 15.9. The molecule has 0 rings (SSSR count). The highest BCUT2D eigenvalue weighted by Gasteiger charge is 2.02. The molecule has 0 aliphatic rings. The molecule has 0 radical (unpaired) electrons. The predicted molar refractivity (Wildman–Crippen MR) is 100 cm³/mol. The predicted octanol–water partition coefficient (Wildman–Crippen LogP) is 6.31. The van der Waals surface area contributed by atoms with Crippen LogP contribution >= 0.6 is 0 Å². The van der Waals surface area contributed by atoms with Crippen LogP contribution in [0.25, 0.3) is 0 Å². The van der Waals surface area contributed by atoms with E-state index < -0.39 is 0 Å². The van der Waals surface area contributed by atoms with Gasteiger partial charge in [-0.1, -0.05) is 40.5 Å². The summed E-state index contributed by atoms with van der Waals surface area (Å²) in [7, 11) is 0. The second-order valence-corrected chi connectivity index (χ2v) is 6.45. The van der Waals surface area contributed by atoms with Crippen LogP contribution < -0.4 is 0 Å². The number of rotatable bonds is 10. The molecular formula is C21H34O2. The van der Waals surface area contributed by atoms with Crippen LogP contribution in [0, 0.1) is 0 Å². The molecule has 0 amide bonds. The molecule has 0 aromatic rings. The van der Waals surface area contributed by atoms with Crippen molar-refractivity contribution in [2.24, 2.45) is 0 Å². The smallest absolute Gasteiger partial charge is 0.330 e. The topological polar surface area (TPSA) is 26.3 Å². The SMILES string of the molecule is CCOC(=O)C=C(CC=C(C)C)CCC=C(C)CCC=C(C)C. The minimum absolute atomic E-state index is 0.228. The van der Waals surface area contributed by atoms with E-state index in [1.54, 1.807) is 6.08 Å². The standard InChI is InChI=1S/C21H34O2/c1-7-23-21(22)16-20(15-14-18(4)5)13-9-12-19(6)11-8-10-17(2)3/h10,12,14,16H,7-9,11,13,15H2,1-6H3. The van der Waals surface area contributed by atoms with Crippen LogP contribution in [0.5, 0.6) is 0 Å². The normalized spacial score (nSPS) is 11.9. The summed E-state index contributed by atoms with van der Waals surface area (Å²) in [5.41, 5.74) is 5.20. The zero-order valence-electron chi connectivity index (χ0n) is 15.9. The number of carbonyl (C=O) groups excluding carboxylic acids is 1. The summed E-state index contributed by atoms with van der Waals surface area (Å²) in [5.74, 6) is -0.228. The average Bonchev–Trinajstić information content (AvgIpc) is 2.44. The van der Waals surface area contributed by atoms with E-state index in [0.717, 1.165) is 37.7 Å². The van der Waals surface area contributed by atoms with E-state index >= 15 is 0 Å². The maximum atomic E-state index is 11.7. The number of carbonyl (C=O) groups is 1. The van der Waals surface area contributed by atoms with Gasteiger partial charge in [-0.05, 0) is 73.6 Å². The van der Waals surface area contributed by atoms with E-state index in [0.29, 0.717) is 6.61 Å². The number of ether oxygens (including phenoxy) is 1. The molecule has 0 spiro atoms. The molecule has 0 fully saturated rings. The fourth-order valence-corrected chi connectivity index (χ4v) is 2.11. The molecule has 0 bridgehead atoms. The summed E-state index contributed by atoms with van der Waals surface area (Å²) in [5, 5.41) is 0. The quantitative estimate of drug-likeness (QED) is 0.268. The third-order valence-corrected chi connectivity index (χ3v) is 3.43. The van der Waals surface area contributed by atoms with Gasteiger partial charge in [-0.25, -0.2) is 4.79 Å². The molecule has 0 unspecified atom stereocenters. The summed E-state index contributed by atoms with van der Waals surface area (Å²) >= 11 is 0. The van der Waals surface area contributed by atoms with Crippen molar-refractivity contribution in [2.45, 2.75) is 73.6 Å². The lowest BCUT2D eigenvalue weighted by molar-refractivity contribution is -0.137. The average molecular weight is 319 g/mol. The fraction of sp³-hybridized carbons (Fsp3) is 0.571. The largest absolute Gasteiger partial charge is 0.463 e.